The molecule has 1 aromatic carbocycles. The van der Waals surface area contributed by atoms with Crippen molar-refractivity contribution in [3.8, 4) is 5.75 Å². The number of hydrogen-bond acceptors (Lipinski definition) is 3. The second-order valence-electron chi connectivity index (χ2n) is 2.95. The van der Waals surface area contributed by atoms with Gasteiger partial charge >= 0.3 is 0 Å². The predicted octanol–water partition coefficient (Wildman–Crippen LogP) is 1.71. The minimum Gasteiger partial charge on any atom is -0.496 e. The molecule has 0 atom stereocenters. The molecule has 3 N–H and O–H groups in total. The third-order valence-electron chi connectivity index (χ3n) is 1.82. The summed E-state index contributed by atoms with van der Waals surface area (Å²) >= 11 is 10.5. The van der Waals surface area contributed by atoms with Crippen molar-refractivity contribution in [1.82, 2.24) is 5.43 Å². The Morgan fingerprint density at radius 2 is 2.44 bits per heavy atom. The number of nitrogens with zero attached hydrogens (tertiary/aromatic N) is 1. The molecule has 0 radical (unpaired) electrons. The van der Waals surface area contributed by atoms with Crippen LogP contribution in [0.25, 0.3) is 0 Å². The van der Waals surface area contributed by atoms with E-state index < -0.39 is 0 Å². The van der Waals surface area contributed by atoms with Gasteiger partial charge in [-0.25, -0.2) is 0 Å². The van der Waals surface area contributed by atoms with Crippen molar-refractivity contribution in [1.29, 1.82) is 0 Å². The van der Waals surface area contributed by atoms with Crippen LogP contribution in [0.2, 0.25) is 5.02 Å². The Kier molecular flexibility index (Phi) is 5.01. The Morgan fingerprint density at radius 3 is 3.06 bits per heavy atom. The van der Waals surface area contributed by atoms with Gasteiger partial charge in [-0.1, -0.05) is 11.6 Å². The first-order valence-electron chi connectivity index (χ1n) is 4.53. The van der Waals surface area contributed by atoms with Crippen LogP contribution in [0.5, 0.6) is 5.75 Å². The summed E-state index contributed by atoms with van der Waals surface area (Å²) in [6.45, 7) is 0. The second kappa shape index (κ2) is 6.30. The normalized spacial score (nSPS) is 10.4. The van der Waals surface area contributed by atoms with Crippen molar-refractivity contribution in [3.63, 3.8) is 0 Å². The quantitative estimate of drug-likeness (QED) is 0.490. The van der Waals surface area contributed by atoms with E-state index in [0.29, 0.717) is 11.4 Å². The minimum absolute atomic E-state index is 0.134. The van der Waals surface area contributed by atoms with Gasteiger partial charge in [-0.2, -0.15) is 5.10 Å². The minimum atomic E-state index is 0.134. The highest BCUT2D eigenvalue weighted by Gasteiger charge is 2.01. The van der Waals surface area contributed by atoms with Crippen LogP contribution in [0.1, 0.15) is 5.56 Å². The van der Waals surface area contributed by atoms with Gasteiger partial charge < -0.3 is 10.5 Å². The third-order valence-corrected chi connectivity index (χ3v) is 2.15. The van der Waals surface area contributed by atoms with E-state index >= 15 is 0 Å². The standard InChI is InChI=1S/C10H12ClN3OS/c1-15-9-3-2-8(11)6-7(9)4-5-13-14-10(12)16/h2-3,5-6H,4H2,1H3,(H3,12,14,16)/b13-5+. The molecule has 1 aromatic rings. The second-order valence-corrected chi connectivity index (χ2v) is 3.82. The van der Waals surface area contributed by atoms with E-state index in [2.05, 4.69) is 22.7 Å². The van der Waals surface area contributed by atoms with Crippen LogP contribution in [0, 0.1) is 0 Å². The fourth-order valence-corrected chi connectivity index (χ4v) is 1.41. The van der Waals surface area contributed by atoms with Gasteiger partial charge in [-0.05, 0) is 30.4 Å². The molecular weight excluding hydrogens is 246 g/mol. The van der Waals surface area contributed by atoms with Crippen LogP contribution in [0.15, 0.2) is 23.3 Å². The summed E-state index contributed by atoms with van der Waals surface area (Å²) in [6.07, 6.45) is 2.23. The zero-order valence-electron chi connectivity index (χ0n) is 8.74. The van der Waals surface area contributed by atoms with Crippen molar-refractivity contribution >= 4 is 35.1 Å². The molecule has 0 spiro atoms. The largest absolute Gasteiger partial charge is 0.496 e. The number of ether oxygens (including phenoxy) is 1. The van der Waals surface area contributed by atoms with Crippen molar-refractivity contribution in [2.24, 2.45) is 10.8 Å². The van der Waals surface area contributed by atoms with Crippen LogP contribution in [0.3, 0.4) is 0 Å². The van der Waals surface area contributed by atoms with E-state index in [9.17, 15) is 0 Å². The van der Waals surface area contributed by atoms with E-state index in [1.165, 1.54) is 0 Å². The number of thiocarbonyl (C=S) groups is 1. The summed E-state index contributed by atoms with van der Waals surface area (Å²) < 4.78 is 5.19. The van der Waals surface area contributed by atoms with Crippen LogP contribution >= 0.6 is 23.8 Å². The third kappa shape index (κ3) is 4.04. The monoisotopic (exact) mass is 257 g/mol. The summed E-state index contributed by atoms with van der Waals surface area (Å²) in [5.41, 5.74) is 8.63. The lowest BCUT2D eigenvalue weighted by atomic mass is 10.1. The first-order valence-corrected chi connectivity index (χ1v) is 5.31. The lowest BCUT2D eigenvalue weighted by molar-refractivity contribution is 0.411. The number of methoxy groups -OCH3 is 1. The van der Waals surface area contributed by atoms with Crippen molar-refractivity contribution in [2.45, 2.75) is 6.42 Å². The average molecular weight is 258 g/mol. The number of halogens is 1. The smallest absolute Gasteiger partial charge is 0.184 e. The molecule has 0 heterocycles. The Hall–Kier alpha value is -1.33. The Bertz CT molecular complexity index is 409. The zero-order chi connectivity index (χ0) is 12.0. The van der Waals surface area contributed by atoms with Gasteiger partial charge in [0, 0.05) is 23.2 Å². The highest BCUT2D eigenvalue weighted by molar-refractivity contribution is 7.80. The SMILES string of the molecule is COc1ccc(Cl)cc1C/C=N/NC(N)=S. The summed E-state index contributed by atoms with van der Waals surface area (Å²) in [4.78, 5) is 0. The van der Waals surface area contributed by atoms with Gasteiger partial charge in [-0.15, -0.1) is 0 Å². The molecule has 0 aliphatic rings. The van der Waals surface area contributed by atoms with Gasteiger partial charge in [0.05, 0.1) is 7.11 Å². The van der Waals surface area contributed by atoms with Crippen molar-refractivity contribution in [3.05, 3.63) is 28.8 Å². The maximum atomic E-state index is 5.88. The van der Waals surface area contributed by atoms with Crippen molar-refractivity contribution < 1.29 is 4.74 Å². The topological polar surface area (TPSA) is 59.6 Å². The van der Waals surface area contributed by atoms with Crippen LogP contribution in [-0.2, 0) is 6.42 Å². The molecule has 0 unspecified atom stereocenters. The molecule has 0 saturated heterocycles. The van der Waals surface area contributed by atoms with E-state index in [1.807, 2.05) is 12.1 Å². The summed E-state index contributed by atoms with van der Waals surface area (Å²) in [5, 5.41) is 4.62. The first kappa shape index (κ1) is 12.7. The number of benzene rings is 1. The van der Waals surface area contributed by atoms with E-state index in [1.54, 1.807) is 19.4 Å². The number of nitrogens with one attached hydrogen (secondary N) is 1. The van der Waals surface area contributed by atoms with E-state index in [-0.39, 0.29) is 5.11 Å². The van der Waals surface area contributed by atoms with Gasteiger partial charge in [0.1, 0.15) is 5.75 Å². The maximum Gasteiger partial charge on any atom is 0.184 e. The van der Waals surface area contributed by atoms with Gasteiger partial charge in [0.15, 0.2) is 5.11 Å². The van der Waals surface area contributed by atoms with Gasteiger partial charge in [0.2, 0.25) is 0 Å². The molecule has 4 nitrogen and oxygen atoms in total. The molecule has 0 aliphatic heterocycles. The highest BCUT2D eigenvalue weighted by Crippen LogP contribution is 2.22. The van der Waals surface area contributed by atoms with E-state index in [0.717, 1.165) is 11.3 Å². The van der Waals surface area contributed by atoms with Gasteiger partial charge in [-0.3, -0.25) is 5.43 Å². The van der Waals surface area contributed by atoms with E-state index in [4.69, 9.17) is 22.1 Å². The first-order chi connectivity index (χ1) is 7.63. The fourth-order valence-electron chi connectivity index (χ4n) is 1.16. The predicted molar refractivity (Wildman–Crippen MR) is 70.1 cm³/mol. The molecule has 0 aliphatic carbocycles. The van der Waals surface area contributed by atoms with Gasteiger partial charge in [0.25, 0.3) is 0 Å². The number of hydrogen-bond donors (Lipinski definition) is 2. The molecule has 0 bridgehead atoms. The molecule has 6 heteroatoms. The lowest BCUT2D eigenvalue weighted by Gasteiger charge is -2.06. The number of nitrogens with two attached hydrogens (primary N) is 1. The average Bonchev–Trinajstić information content (AvgIpc) is 2.24. The van der Waals surface area contributed by atoms with Crippen LogP contribution in [0.4, 0.5) is 0 Å². The summed E-state index contributed by atoms with van der Waals surface area (Å²) in [7, 11) is 1.61. The lowest BCUT2D eigenvalue weighted by Crippen LogP contribution is -2.24. The Morgan fingerprint density at radius 1 is 1.69 bits per heavy atom. The summed E-state index contributed by atoms with van der Waals surface area (Å²) in [6, 6.07) is 5.41. The van der Waals surface area contributed by atoms with Crippen LogP contribution in [-0.4, -0.2) is 18.4 Å². The number of hydrazone groups is 1. The Balaban J connectivity index is 2.68. The maximum absolute atomic E-state index is 5.88. The van der Waals surface area contributed by atoms with Crippen LogP contribution < -0.4 is 15.9 Å². The fraction of sp³-hybridized carbons (Fsp3) is 0.200. The molecular formula is C10H12ClN3OS. The number of rotatable bonds is 4. The Labute approximate surface area is 104 Å². The molecule has 0 amide bonds. The molecule has 0 fully saturated rings. The zero-order valence-corrected chi connectivity index (χ0v) is 10.3. The summed E-state index contributed by atoms with van der Waals surface area (Å²) in [5.74, 6) is 0.770. The molecule has 16 heavy (non-hydrogen) atoms. The highest BCUT2D eigenvalue weighted by atomic mass is 35.5. The molecule has 86 valence electrons. The molecule has 0 saturated carbocycles. The molecule has 1 rings (SSSR count). The molecule has 0 aromatic heterocycles. The van der Waals surface area contributed by atoms with Crippen molar-refractivity contribution in [2.75, 3.05) is 7.11 Å².